The first-order valence-corrected chi connectivity index (χ1v) is 7.18. The summed E-state index contributed by atoms with van der Waals surface area (Å²) in [6.45, 7) is 4.45. The van der Waals surface area contributed by atoms with E-state index >= 15 is 0 Å². The van der Waals surface area contributed by atoms with E-state index in [1.807, 2.05) is 13.8 Å². The lowest BCUT2D eigenvalue weighted by Gasteiger charge is -2.23. The fraction of sp³-hybridized carbons (Fsp3) is 0.562. The predicted molar refractivity (Wildman–Crippen MR) is 75.7 cm³/mol. The summed E-state index contributed by atoms with van der Waals surface area (Å²) in [5.41, 5.74) is 0.101. The SMILES string of the molecule is CC(C)(CCO)CNC(=O)C1CC1c1cccc(F)c1F. The van der Waals surface area contributed by atoms with Gasteiger partial charge in [-0.2, -0.15) is 0 Å². The van der Waals surface area contributed by atoms with Gasteiger partial charge in [-0.05, 0) is 35.8 Å². The summed E-state index contributed by atoms with van der Waals surface area (Å²) >= 11 is 0. The van der Waals surface area contributed by atoms with Crippen molar-refractivity contribution in [1.29, 1.82) is 0 Å². The Balaban J connectivity index is 1.91. The van der Waals surface area contributed by atoms with Gasteiger partial charge >= 0.3 is 0 Å². The molecular formula is C16H21F2NO2. The van der Waals surface area contributed by atoms with Crippen LogP contribution >= 0.6 is 0 Å². The van der Waals surface area contributed by atoms with Gasteiger partial charge in [0, 0.05) is 19.1 Å². The van der Waals surface area contributed by atoms with E-state index in [1.54, 1.807) is 0 Å². The predicted octanol–water partition coefficient (Wildman–Crippen LogP) is 2.59. The Morgan fingerprint density at radius 2 is 2.14 bits per heavy atom. The van der Waals surface area contributed by atoms with Crippen molar-refractivity contribution in [2.75, 3.05) is 13.2 Å². The summed E-state index contributed by atoms with van der Waals surface area (Å²) in [7, 11) is 0. The molecule has 0 heterocycles. The number of aliphatic hydroxyl groups excluding tert-OH is 1. The summed E-state index contributed by atoms with van der Waals surface area (Å²) in [5, 5.41) is 11.8. The number of hydrogen-bond donors (Lipinski definition) is 2. The molecule has 0 bridgehead atoms. The highest BCUT2D eigenvalue weighted by Crippen LogP contribution is 2.48. The summed E-state index contributed by atoms with van der Waals surface area (Å²) in [4.78, 5) is 12.0. The minimum absolute atomic E-state index is 0.0728. The van der Waals surface area contributed by atoms with Crippen LogP contribution in [0.1, 0.15) is 38.2 Å². The molecule has 1 aliphatic carbocycles. The molecule has 1 aliphatic rings. The van der Waals surface area contributed by atoms with Crippen LogP contribution in [0.4, 0.5) is 8.78 Å². The molecule has 0 spiro atoms. The molecule has 2 atom stereocenters. The molecule has 2 rings (SSSR count). The van der Waals surface area contributed by atoms with Crippen LogP contribution in [0.15, 0.2) is 18.2 Å². The summed E-state index contributed by atoms with van der Waals surface area (Å²) in [6.07, 6.45) is 1.15. The second-order valence-electron chi connectivity index (χ2n) is 6.45. The van der Waals surface area contributed by atoms with E-state index in [2.05, 4.69) is 5.32 Å². The van der Waals surface area contributed by atoms with E-state index < -0.39 is 11.6 Å². The standard InChI is InChI=1S/C16H21F2NO2/c1-16(2,6-7-20)9-19-15(21)12-8-11(12)10-4-3-5-13(17)14(10)18/h3-5,11-12,20H,6-9H2,1-2H3,(H,19,21). The first kappa shape index (κ1) is 15.9. The maximum Gasteiger partial charge on any atom is 0.223 e. The van der Waals surface area contributed by atoms with E-state index in [-0.39, 0.29) is 35.3 Å². The fourth-order valence-corrected chi connectivity index (χ4v) is 2.48. The Bertz CT molecular complexity index is 531. The van der Waals surface area contributed by atoms with Gasteiger partial charge in [0.25, 0.3) is 0 Å². The minimum atomic E-state index is -0.873. The zero-order valence-electron chi connectivity index (χ0n) is 12.3. The number of hydrogen-bond acceptors (Lipinski definition) is 2. The molecule has 116 valence electrons. The second-order valence-corrected chi connectivity index (χ2v) is 6.45. The van der Waals surface area contributed by atoms with Crippen LogP contribution in [-0.2, 0) is 4.79 Å². The smallest absolute Gasteiger partial charge is 0.223 e. The van der Waals surface area contributed by atoms with Gasteiger partial charge in [0.2, 0.25) is 5.91 Å². The van der Waals surface area contributed by atoms with Crippen LogP contribution in [0.3, 0.4) is 0 Å². The van der Waals surface area contributed by atoms with Crippen LogP contribution < -0.4 is 5.32 Å². The molecule has 1 fully saturated rings. The molecule has 21 heavy (non-hydrogen) atoms. The first-order chi connectivity index (χ1) is 9.85. The zero-order valence-corrected chi connectivity index (χ0v) is 12.3. The number of rotatable bonds is 6. The van der Waals surface area contributed by atoms with Crippen LogP contribution in [0.5, 0.6) is 0 Å². The lowest BCUT2D eigenvalue weighted by atomic mass is 9.89. The number of aliphatic hydroxyl groups is 1. The molecule has 2 N–H and O–H groups in total. The van der Waals surface area contributed by atoms with Gasteiger partial charge in [-0.15, -0.1) is 0 Å². The van der Waals surface area contributed by atoms with E-state index in [1.165, 1.54) is 12.1 Å². The number of carbonyl (C=O) groups excluding carboxylic acids is 1. The molecule has 1 aromatic rings. The van der Waals surface area contributed by atoms with Gasteiger partial charge in [0.1, 0.15) is 0 Å². The van der Waals surface area contributed by atoms with Crippen LogP contribution in [0.2, 0.25) is 0 Å². The normalized spacial score (nSPS) is 21.2. The molecule has 0 radical (unpaired) electrons. The maximum absolute atomic E-state index is 13.7. The van der Waals surface area contributed by atoms with Gasteiger partial charge < -0.3 is 10.4 Å². The van der Waals surface area contributed by atoms with Crippen LogP contribution in [-0.4, -0.2) is 24.2 Å². The minimum Gasteiger partial charge on any atom is -0.396 e. The highest BCUT2D eigenvalue weighted by atomic mass is 19.2. The summed E-state index contributed by atoms with van der Waals surface area (Å²) < 4.78 is 26.9. The monoisotopic (exact) mass is 297 g/mol. The number of carbonyl (C=O) groups is 1. The summed E-state index contributed by atoms with van der Waals surface area (Å²) in [6, 6.07) is 4.07. The number of benzene rings is 1. The lowest BCUT2D eigenvalue weighted by Crippen LogP contribution is -2.35. The summed E-state index contributed by atoms with van der Waals surface area (Å²) in [5.74, 6) is -2.37. The van der Waals surface area contributed by atoms with Crippen molar-refractivity contribution in [1.82, 2.24) is 5.32 Å². The largest absolute Gasteiger partial charge is 0.396 e. The van der Waals surface area contributed by atoms with Gasteiger partial charge in [-0.1, -0.05) is 26.0 Å². The quantitative estimate of drug-likeness (QED) is 0.848. The van der Waals surface area contributed by atoms with Crippen LogP contribution in [0, 0.1) is 23.0 Å². The van der Waals surface area contributed by atoms with Crippen molar-refractivity contribution >= 4 is 5.91 Å². The highest BCUT2D eigenvalue weighted by Gasteiger charge is 2.45. The molecule has 5 heteroatoms. The lowest BCUT2D eigenvalue weighted by molar-refractivity contribution is -0.122. The van der Waals surface area contributed by atoms with E-state index in [9.17, 15) is 13.6 Å². The van der Waals surface area contributed by atoms with Crippen molar-refractivity contribution in [3.63, 3.8) is 0 Å². The third kappa shape index (κ3) is 3.79. The third-order valence-electron chi connectivity index (χ3n) is 4.04. The highest BCUT2D eigenvalue weighted by molar-refractivity contribution is 5.82. The van der Waals surface area contributed by atoms with Crippen molar-refractivity contribution in [3.8, 4) is 0 Å². The molecule has 3 nitrogen and oxygen atoms in total. The Hall–Kier alpha value is -1.49. The Labute approximate surface area is 123 Å². The molecule has 1 aromatic carbocycles. The molecule has 0 aromatic heterocycles. The zero-order chi connectivity index (χ0) is 15.6. The maximum atomic E-state index is 13.7. The number of nitrogens with one attached hydrogen (secondary N) is 1. The topological polar surface area (TPSA) is 49.3 Å². The molecule has 1 amide bonds. The van der Waals surface area contributed by atoms with Crippen molar-refractivity contribution in [2.24, 2.45) is 11.3 Å². The molecular weight excluding hydrogens is 276 g/mol. The van der Waals surface area contributed by atoms with Crippen molar-refractivity contribution in [3.05, 3.63) is 35.4 Å². The Morgan fingerprint density at radius 3 is 2.81 bits per heavy atom. The van der Waals surface area contributed by atoms with Gasteiger partial charge in [0.15, 0.2) is 11.6 Å². The average molecular weight is 297 g/mol. The van der Waals surface area contributed by atoms with Crippen LogP contribution in [0.25, 0.3) is 0 Å². The average Bonchev–Trinajstić information content (AvgIpc) is 3.19. The number of halogens is 2. The molecule has 1 saturated carbocycles. The van der Waals surface area contributed by atoms with Crippen molar-refractivity contribution < 1.29 is 18.7 Å². The Morgan fingerprint density at radius 1 is 1.43 bits per heavy atom. The second kappa shape index (κ2) is 6.10. The van der Waals surface area contributed by atoms with Crippen molar-refractivity contribution in [2.45, 2.75) is 32.6 Å². The van der Waals surface area contributed by atoms with E-state index in [4.69, 9.17) is 5.11 Å². The molecule has 0 aliphatic heterocycles. The first-order valence-electron chi connectivity index (χ1n) is 7.18. The fourth-order valence-electron chi connectivity index (χ4n) is 2.48. The van der Waals surface area contributed by atoms with E-state index in [0.717, 1.165) is 6.07 Å². The number of amides is 1. The van der Waals surface area contributed by atoms with Gasteiger partial charge in [-0.3, -0.25) is 4.79 Å². The third-order valence-corrected chi connectivity index (χ3v) is 4.04. The van der Waals surface area contributed by atoms with E-state index in [0.29, 0.717) is 19.4 Å². The van der Waals surface area contributed by atoms with Gasteiger partial charge in [0.05, 0.1) is 0 Å². The van der Waals surface area contributed by atoms with Gasteiger partial charge in [-0.25, -0.2) is 8.78 Å². The molecule has 0 saturated heterocycles. The Kier molecular flexibility index (Phi) is 4.61. The molecule has 2 unspecified atom stereocenters.